The predicted octanol–water partition coefficient (Wildman–Crippen LogP) is 1.52. The number of aliphatic hydroxyl groups is 1. The Kier molecular flexibility index (Phi) is 6.33. The van der Waals surface area contributed by atoms with E-state index in [-0.39, 0.29) is 31.6 Å². The molecule has 3 heterocycles. The Hall–Kier alpha value is -2.71. The maximum absolute atomic E-state index is 14.0. The average molecular weight is 457 g/mol. The van der Waals surface area contributed by atoms with Gasteiger partial charge in [-0.1, -0.05) is 36.4 Å². The molecular weight excluding hydrogens is 424 g/mol. The van der Waals surface area contributed by atoms with E-state index in [1.54, 1.807) is 17.9 Å². The van der Waals surface area contributed by atoms with Gasteiger partial charge < -0.3 is 24.4 Å². The standard InChI is InChI=1S/C25H32N2O6/c1-4-13-26(16-17-9-7-6-8-10-17)22(30)20-25-12-11-24(3,33-25)19(23(31)32-5-2)18(25)21(29)27(20)14-15-28/h4,6-10,18-20,28H,1,5,11-16H2,2-3H3/t18-,19+,20?,24-,25?/m0/s1. The van der Waals surface area contributed by atoms with Crippen LogP contribution in [0, 0.1) is 11.8 Å². The van der Waals surface area contributed by atoms with E-state index >= 15 is 0 Å². The fourth-order valence-corrected chi connectivity index (χ4v) is 6.01. The van der Waals surface area contributed by atoms with E-state index in [4.69, 9.17) is 9.47 Å². The lowest BCUT2D eigenvalue weighted by molar-refractivity contribution is -0.160. The molecule has 178 valence electrons. The number of aliphatic hydroxyl groups excluding tert-OH is 1. The van der Waals surface area contributed by atoms with Crippen LogP contribution in [0.4, 0.5) is 0 Å². The first-order valence-corrected chi connectivity index (χ1v) is 11.5. The van der Waals surface area contributed by atoms with Crippen molar-refractivity contribution in [1.82, 2.24) is 9.80 Å². The number of likely N-dealkylation sites (tertiary alicyclic amines) is 1. The number of hydrogen-bond acceptors (Lipinski definition) is 6. The van der Waals surface area contributed by atoms with E-state index in [9.17, 15) is 19.5 Å². The van der Waals surface area contributed by atoms with Crippen LogP contribution >= 0.6 is 0 Å². The van der Waals surface area contributed by atoms with Gasteiger partial charge >= 0.3 is 5.97 Å². The Morgan fingerprint density at radius 3 is 2.70 bits per heavy atom. The molecule has 0 radical (unpaired) electrons. The molecule has 3 saturated heterocycles. The van der Waals surface area contributed by atoms with Crippen molar-refractivity contribution in [3.05, 3.63) is 48.6 Å². The molecule has 2 unspecified atom stereocenters. The van der Waals surface area contributed by atoms with Gasteiger partial charge in [0.05, 0.1) is 24.7 Å². The molecule has 5 atom stereocenters. The number of ether oxygens (including phenoxy) is 2. The summed E-state index contributed by atoms with van der Waals surface area (Å²) in [4.78, 5) is 43.6. The van der Waals surface area contributed by atoms with E-state index in [1.807, 2.05) is 37.3 Å². The van der Waals surface area contributed by atoms with Gasteiger partial charge in [0.25, 0.3) is 0 Å². The summed E-state index contributed by atoms with van der Waals surface area (Å²) in [5.74, 6) is -2.65. The second-order valence-electron chi connectivity index (χ2n) is 9.23. The number of amides is 2. The Bertz CT molecular complexity index is 936. The predicted molar refractivity (Wildman–Crippen MR) is 120 cm³/mol. The molecule has 1 N–H and O–H groups in total. The van der Waals surface area contributed by atoms with Crippen LogP contribution in [-0.4, -0.2) is 76.2 Å². The third-order valence-corrected chi connectivity index (χ3v) is 7.27. The monoisotopic (exact) mass is 456 g/mol. The van der Waals surface area contributed by atoms with Crippen LogP contribution in [0.15, 0.2) is 43.0 Å². The molecule has 2 bridgehead atoms. The summed E-state index contributed by atoms with van der Waals surface area (Å²) in [6.45, 7) is 7.90. The van der Waals surface area contributed by atoms with Crippen molar-refractivity contribution in [3.8, 4) is 0 Å². The van der Waals surface area contributed by atoms with Crippen LogP contribution in [-0.2, 0) is 30.4 Å². The van der Waals surface area contributed by atoms with E-state index in [0.29, 0.717) is 25.9 Å². The molecule has 3 aliphatic rings. The van der Waals surface area contributed by atoms with E-state index < -0.39 is 35.0 Å². The maximum Gasteiger partial charge on any atom is 0.312 e. The van der Waals surface area contributed by atoms with Gasteiger partial charge in [0.15, 0.2) is 0 Å². The Balaban J connectivity index is 1.73. The fraction of sp³-hybridized carbons (Fsp3) is 0.560. The number of fused-ring (bicyclic) bond motifs is 1. The fourth-order valence-electron chi connectivity index (χ4n) is 6.01. The van der Waals surface area contributed by atoms with Gasteiger partial charge in [0, 0.05) is 19.6 Å². The first kappa shape index (κ1) is 23.4. The quantitative estimate of drug-likeness (QED) is 0.447. The lowest BCUT2D eigenvalue weighted by atomic mass is 9.66. The molecule has 2 amide bonds. The number of hydrogen-bond donors (Lipinski definition) is 1. The molecule has 8 heteroatoms. The Morgan fingerprint density at radius 2 is 2.06 bits per heavy atom. The second-order valence-corrected chi connectivity index (χ2v) is 9.23. The highest BCUT2D eigenvalue weighted by Gasteiger charge is 2.78. The minimum Gasteiger partial charge on any atom is -0.466 e. The number of nitrogens with zero attached hydrogens (tertiary/aromatic N) is 2. The van der Waals surface area contributed by atoms with Crippen LogP contribution in [0.25, 0.3) is 0 Å². The van der Waals surface area contributed by atoms with E-state index in [2.05, 4.69) is 6.58 Å². The molecule has 33 heavy (non-hydrogen) atoms. The number of carbonyl (C=O) groups is 3. The highest BCUT2D eigenvalue weighted by atomic mass is 16.6. The maximum atomic E-state index is 14.0. The zero-order valence-corrected chi connectivity index (χ0v) is 19.2. The van der Waals surface area contributed by atoms with E-state index in [1.165, 1.54) is 4.90 Å². The summed E-state index contributed by atoms with van der Waals surface area (Å²) in [5.41, 5.74) is -1.03. The van der Waals surface area contributed by atoms with Crippen LogP contribution in [0.3, 0.4) is 0 Å². The zero-order valence-electron chi connectivity index (χ0n) is 19.2. The average Bonchev–Trinajstić information content (AvgIpc) is 3.35. The van der Waals surface area contributed by atoms with Crippen molar-refractivity contribution >= 4 is 17.8 Å². The van der Waals surface area contributed by atoms with Crippen molar-refractivity contribution < 1.29 is 29.0 Å². The third kappa shape index (κ3) is 3.65. The molecule has 3 fully saturated rings. The first-order valence-electron chi connectivity index (χ1n) is 11.5. The normalized spacial score (nSPS) is 32.0. The van der Waals surface area contributed by atoms with Crippen molar-refractivity contribution in [2.75, 3.05) is 26.3 Å². The molecule has 0 aliphatic carbocycles. The van der Waals surface area contributed by atoms with Crippen LogP contribution < -0.4 is 0 Å². The number of esters is 1. The van der Waals surface area contributed by atoms with Gasteiger partial charge in [-0.15, -0.1) is 6.58 Å². The summed E-state index contributed by atoms with van der Waals surface area (Å²) in [5, 5.41) is 9.69. The van der Waals surface area contributed by atoms with Crippen molar-refractivity contribution in [2.24, 2.45) is 11.8 Å². The van der Waals surface area contributed by atoms with E-state index in [0.717, 1.165) is 5.56 Å². The molecule has 1 spiro atoms. The molecule has 0 saturated carbocycles. The smallest absolute Gasteiger partial charge is 0.312 e. The first-order chi connectivity index (χ1) is 15.8. The summed E-state index contributed by atoms with van der Waals surface area (Å²) in [7, 11) is 0. The van der Waals surface area contributed by atoms with Crippen LogP contribution in [0.2, 0.25) is 0 Å². The molecular formula is C25H32N2O6. The second kappa shape index (κ2) is 8.91. The van der Waals surface area contributed by atoms with Gasteiger partial charge in [-0.3, -0.25) is 14.4 Å². The zero-order chi connectivity index (χ0) is 23.8. The molecule has 8 nitrogen and oxygen atoms in total. The SMILES string of the molecule is C=CCN(Cc1ccccc1)C(=O)C1N(CCO)C(=O)[C@@H]2[C@H](C(=O)OCC)[C@]3(C)CCC12O3. The van der Waals surface area contributed by atoms with Crippen molar-refractivity contribution in [3.63, 3.8) is 0 Å². The van der Waals surface area contributed by atoms with Crippen LogP contribution in [0.1, 0.15) is 32.3 Å². The van der Waals surface area contributed by atoms with Gasteiger partial charge in [-0.25, -0.2) is 0 Å². The largest absolute Gasteiger partial charge is 0.466 e. The Labute approximate surface area is 194 Å². The number of benzene rings is 1. The topological polar surface area (TPSA) is 96.4 Å². The van der Waals surface area contributed by atoms with Crippen LogP contribution in [0.5, 0.6) is 0 Å². The number of β-amino-alcohol motifs (C(OH)–C–C–N with tert-alkyl or cyclic N) is 1. The molecule has 1 aromatic carbocycles. The summed E-state index contributed by atoms with van der Waals surface area (Å²) in [6.07, 6.45) is 2.69. The van der Waals surface area contributed by atoms with Crippen molar-refractivity contribution in [1.29, 1.82) is 0 Å². The summed E-state index contributed by atoms with van der Waals surface area (Å²) >= 11 is 0. The minimum atomic E-state index is -1.12. The minimum absolute atomic E-state index is 0.00360. The molecule has 4 rings (SSSR count). The van der Waals surface area contributed by atoms with Crippen molar-refractivity contribution in [2.45, 2.75) is 50.5 Å². The van der Waals surface area contributed by atoms with Gasteiger partial charge in [-0.2, -0.15) is 0 Å². The molecule has 1 aromatic rings. The lowest BCUT2D eigenvalue weighted by Crippen LogP contribution is -2.56. The van der Waals surface area contributed by atoms with Gasteiger partial charge in [-0.05, 0) is 32.3 Å². The highest BCUT2D eigenvalue weighted by molar-refractivity contribution is 5.98. The molecule has 0 aromatic heterocycles. The lowest BCUT2D eigenvalue weighted by Gasteiger charge is -2.36. The highest BCUT2D eigenvalue weighted by Crippen LogP contribution is 2.63. The Morgan fingerprint density at radius 1 is 1.33 bits per heavy atom. The number of carbonyl (C=O) groups excluding carboxylic acids is 3. The summed E-state index contributed by atoms with van der Waals surface area (Å²) < 4.78 is 11.8. The molecule has 3 aliphatic heterocycles. The summed E-state index contributed by atoms with van der Waals surface area (Å²) in [6, 6.07) is 8.67. The van der Waals surface area contributed by atoms with Gasteiger partial charge in [0.1, 0.15) is 17.6 Å². The third-order valence-electron chi connectivity index (χ3n) is 7.27. The van der Waals surface area contributed by atoms with Gasteiger partial charge in [0.2, 0.25) is 11.8 Å². The number of rotatable bonds is 9.